The molecule has 0 spiro atoms. The first kappa shape index (κ1) is 16.5. The van der Waals surface area contributed by atoms with Gasteiger partial charge in [0, 0.05) is 30.9 Å². The van der Waals surface area contributed by atoms with Gasteiger partial charge in [0.05, 0.1) is 0 Å². The van der Waals surface area contributed by atoms with E-state index >= 15 is 0 Å². The molecule has 0 radical (unpaired) electrons. The number of ketones is 1. The molecule has 0 unspecified atom stereocenters. The highest BCUT2D eigenvalue weighted by Crippen LogP contribution is 2.08. The Morgan fingerprint density at radius 3 is 1.26 bits per heavy atom. The molecule has 0 saturated carbocycles. The van der Waals surface area contributed by atoms with Gasteiger partial charge in [-0.2, -0.15) is 0 Å². The Morgan fingerprint density at radius 2 is 0.957 bits per heavy atom. The van der Waals surface area contributed by atoms with Crippen molar-refractivity contribution < 1.29 is 4.79 Å². The molecule has 0 aromatic heterocycles. The Kier molecular flexibility index (Phi) is 6.13. The van der Waals surface area contributed by atoms with E-state index in [1.165, 1.54) is 5.69 Å². The molecule has 0 aliphatic rings. The third-order valence-electron chi connectivity index (χ3n) is 3.34. The number of benzene rings is 3. The largest absolute Gasteiger partial charge is 0.378 e. The summed E-state index contributed by atoms with van der Waals surface area (Å²) in [6, 6.07) is 28.9. The van der Waals surface area contributed by atoms with Gasteiger partial charge in [0.25, 0.3) is 0 Å². The number of para-hydroxylation sites is 1. The van der Waals surface area contributed by atoms with Gasteiger partial charge in [-0.15, -0.1) is 0 Å². The number of carbonyl (C=O) groups excluding carboxylic acids is 1. The van der Waals surface area contributed by atoms with Crippen LogP contribution in [0.15, 0.2) is 91.0 Å². The lowest BCUT2D eigenvalue weighted by Crippen LogP contribution is -2.07. The lowest BCUT2D eigenvalue weighted by Gasteiger charge is -2.10. The van der Waals surface area contributed by atoms with Crippen LogP contribution in [0, 0.1) is 0 Å². The third-order valence-corrected chi connectivity index (χ3v) is 3.34. The molecule has 2 nitrogen and oxygen atoms in total. The van der Waals surface area contributed by atoms with Crippen LogP contribution in [-0.2, 0) is 0 Å². The summed E-state index contributed by atoms with van der Waals surface area (Å²) < 4.78 is 0. The maximum atomic E-state index is 11.8. The molecule has 0 fully saturated rings. The summed E-state index contributed by atoms with van der Waals surface area (Å²) in [6.07, 6.45) is 0. The van der Waals surface area contributed by atoms with E-state index in [1.807, 2.05) is 93.0 Å². The lowest BCUT2D eigenvalue weighted by molar-refractivity contribution is 0.103. The number of anilines is 1. The average Bonchev–Trinajstić information content (AvgIpc) is 2.64. The topological polar surface area (TPSA) is 20.3 Å². The maximum Gasteiger partial charge on any atom is 0.193 e. The van der Waals surface area contributed by atoms with Crippen molar-refractivity contribution in [1.29, 1.82) is 0 Å². The fourth-order valence-corrected chi connectivity index (χ4v) is 2.07. The van der Waals surface area contributed by atoms with Crippen LogP contribution in [0.3, 0.4) is 0 Å². The van der Waals surface area contributed by atoms with Crippen LogP contribution in [0.5, 0.6) is 0 Å². The van der Waals surface area contributed by atoms with E-state index in [2.05, 4.69) is 17.0 Å². The Labute approximate surface area is 138 Å². The minimum Gasteiger partial charge on any atom is -0.378 e. The summed E-state index contributed by atoms with van der Waals surface area (Å²) >= 11 is 0. The SMILES string of the molecule is CN(C)c1ccccc1.O=C(c1ccccc1)c1ccccc1. The molecule has 0 atom stereocenters. The molecule has 3 rings (SSSR count). The minimum atomic E-state index is 0.0752. The molecular formula is C21H21NO. The predicted octanol–water partition coefficient (Wildman–Crippen LogP) is 4.67. The fraction of sp³-hybridized carbons (Fsp3) is 0.0952. The number of rotatable bonds is 3. The van der Waals surface area contributed by atoms with Crippen LogP contribution in [0.2, 0.25) is 0 Å². The van der Waals surface area contributed by atoms with Gasteiger partial charge >= 0.3 is 0 Å². The molecule has 0 aliphatic carbocycles. The van der Waals surface area contributed by atoms with E-state index in [4.69, 9.17) is 0 Å². The Hall–Kier alpha value is -2.87. The summed E-state index contributed by atoms with van der Waals surface area (Å²) in [7, 11) is 4.07. The van der Waals surface area contributed by atoms with E-state index in [0.717, 1.165) is 11.1 Å². The van der Waals surface area contributed by atoms with Gasteiger partial charge in [0.15, 0.2) is 5.78 Å². The van der Waals surface area contributed by atoms with Crippen molar-refractivity contribution >= 4 is 11.5 Å². The predicted molar refractivity (Wildman–Crippen MR) is 97.1 cm³/mol. The molecule has 0 N–H and O–H groups in total. The lowest BCUT2D eigenvalue weighted by atomic mass is 10.0. The van der Waals surface area contributed by atoms with Gasteiger partial charge in [-0.25, -0.2) is 0 Å². The molecule has 0 heterocycles. The van der Waals surface area contributed by atoms with Gasteiger partial charge in [0.1, 0.15) is 0 Å². The summed E-state index contributed by atoms with van der Waals surface area (Å²) in [6.45, 7) is 0. The molecule has 3 aromatic rings. The van der Waals surface area contributed by atoms with Crippen molar-refractivity contribution in [3.8, 4) is 0 Å². The zero-order valence-electron chi connectivity index (χ0n) is 13.5. The first-order valence-corrected chi connectivity index (χ1v) is 7.55. The van der Waals surface area contributed by atoms with E-state index in [-0.39, 0.29) is 5.78 Å². The summed E-state index contributed by atoms with van der Waals surface area (Å²) in [5.41, 5.74) is 2.72. The summed E-state index contributed by atoms with van der Waals surface area (Å²) in [4.78, 5) is 13.9. The van der Waals surface area contributed by atoms with Gasteiger partial charge in [0.2, 0.25) is 0 Å². The minimum absolute atomic E-state index is 0.0752. The second-order valence-corrected chi connectivity index (χ2v) is 5.29. The molecule has 3 aromatic carbocycles. The molecular weight excluding hydrogens is 282 g/mol. The molecule has 116 valence electrons. The Balaban J connectivity index is 0.000000185. The van der Waals surface area contributed by atoms with Crippen LogP contribution in [0.4, 0.5) is 5.69 Å². The van der Waals surface area contributed by atoms with Crippen molar-refractivity contribution in [3.63, 3.8) is 0 Å². The van der Waals surface area contributed by atoms with Crippen molar-refractivity contribution in [3.05, 3.63) is 102 Å². The maximum absolute atomic E-state index is 11.8. The molecule has 2 heteroatoms. The highest BCUT2D eigenvalue weighted by Gasteiger charge is 2.06. The van der Waals surface area contributed by atoms with Gasteiger partial charge in [-0.05, 0) is 12.1 Å². The normalized spacial score (nSPS) is 9.48. The van der Waals surface area contributed by atoms with E-state index in [0.29, 0.717) is 0 Å². The number of carbonyl (C=O) groups is 1. The van der Waals surface area contributed by atoms with E-state index in [1.54, 1.807) is 0 Å². The van der Waals surface area contributed by atoms with Crippen LogP contribution in [-0.4, -0.2) is 19.9 Å². The highest BCUT2D eigenvalue weighted by atomic mass is 16.1. The average molecular weight is 303 g/mol. The molecule has 0 aliphatic heterocycles. The van der Waals surface area contributed by atoms with Crippen molar-refractivity contribution in [1.82, 2.24) is 0 Å². The first-order valence-electron chi connectivity index (χ1n) is 7.55. The zero-order valence-corrected chi connectivity index (χ0v) is 13.5. The van der Waals surface area contributed by atoms with Crippen LogP contribution in [0.25, 0.3) is 0 Å². The molecule has 0 saturated heterocycles. The Bertz CT molecular complexity index is 665. The van der Waals surface area contributed by atoms with Crippen molar-refractivity contribution in [2.24, 2.45) is 0 Å². The monoisotopic (exact) mass is 303 g/mol. The molecule has 23 heavy (non-hydrogen) atoms. The summed E-state index contributed by atoms with van der Waals surface area (Å²) in [5.74, 6) is 0.0752. The quantitative estimate of drug-likeness (QED) is 0.655. The second-order valence-electron chi connectivity index (χ2n) is 5.29. The first-order chi connectivity index (χ1) is 11.2. The number of hydrogen-bond donors (Lipinski definition) is 0. The van der Waals surface area contributed by atoms with Gasteiger partial charge in [-0.3, -0.25) is 4.79 Å². The van der Waals surface area contributed by atoms with Gasteiger partial charge in [-0.1, -0.05) is 78.9 Å². The zero-order chi connectivity index (χ0) is 16.5. The van der Waals surface area contributed by atoms with Crippen LogP contribution >= 0.6 is 0 Å². The second kappa shape index (κ2) is 8.54. The summed E-state index contributed by atoms with van der Waals surface area (Å²) in [5, 5.41) is 0. The van der Waals surface area contributed by atoms with E-state index in [9.17, 15) is 4.79 Å². The van der Waals surface area contributed by atoms with Crippen LogP contribution in [0.1, 0.15) is 15.9 Å². The standard InChI is InChI=1S/C13H10O.C8H11N/c14-13(11-7-3-1-4-8-11)12-9-5-2-6-10-12;1-9(2)8-6-4-3-5-7-8/h1-10H;3-7H,1-2H3. The number of hydrogen-bond acceptors (Lipinski definition) is 2. The molecule has 0 amide bonds. The third kappa shape index (κ3) is 5.11. The smallest absolute Gasteiger partial charge is 0.193 e. The number of nitrogens with zero attached hydrogens (tertiary/aromatic N) is 1. The van der Waals surface area contributed by atoms with Crippen molar-refractivity contribution in [2.45, 2.75) is 0 Å². The van der Waals surface area contributed by atoms with Crippen LogP contribution < -0.4 is 4.90 Å². The Morgan fingerprint density at radius 1 is 0.609 bits per heavy atom. The fourth-order valence-electron chi connectivity index (χ4n) is 2.07. The van der Waals surface area contributed by atoms with Crippen molar-refractivity contribution in [2.75, 3.05) is 19.0 Å². The molecule has 0 bridgehead atoms. The van der Waals surface area contributed by atoms with Gasteiger partial charge < -0.3 is 4.90 Å². The highest BCUT2D eigenvalue weighted by molar-refractivity contribution is 6.08. The van der Waals surface area contributed by atoms with E-state index < -0.39 is 0 Å².